The molecule has 0 saturated heterocycles. The lowest BCUT2D eigenvalue weighted by molar-refractivity contribution is 0.148. The number of rotatable bonds is 7. The van der Waals surface area contributed by atoms with Crippen molar-refractivity contribution in [3.8, 4) is 0 Å². The van der Waals surface area contributed by atoms with E-state index in [0.29, 0.717) is 13.2 Å². The summed E-state index contributed by atoms with van der Waals surface area (Å²) in [7, 11) is 0. The summed E-state index contributed by atoms with van der Waals surface area (Å²) >= 11 is 1.48. The zero-order valence-corrected chi connectivity index (χ0v) is 12.5. The second kappa shape index (κ2) is 7.66. The van der Waals surface area contributed by atoms with Crippen molar-refractivity contribution in [2.75, 3.05) is 12.0 Å². The fourth-order valence-electron chi connectivity index (χ4n) is 1.64. The van der Waals surface area contributed by atoms with Gasteiger partial charge in [-0.15, -0.1) is 17.9 Å². The van der Waals surface area contributed by atoms with Crippen LogP contribution in [0.25, 0.3) is 0 Å². The first-order chi connectivity index (χ1) is 10.2. The molecule has 0 spiro atoms. The highest BCUT2D eigenvalue weighted by Crippen LogP contribution is 2.15. The van der Waals surface area contributed by atoms with Gasteiger partial charge in [0, 0.05) is 10.9 Å². The van der Waals surface area contributed by atoms with Gasteiger partial charge in [0.15, 0.2) is 0 Å². The van der Waals surface area contributed by atoms with E-state index >= 15 is 0 Å². The van der Waals surface area contributed by atoms with Gasteiger partial charge in [-0.3, -0.25) is 5.43 Å². The summed E-state index contributed by atoms with van der Waals surface area (Å²) in [6.07, 6.45) is 3.28. The van der Waals surface area contributed by atoms with Gasteiger partial charge in [-0.1, -0.05) is 12.1 Å². The molecule has 110 valence electrons. The summed E-state index contributed by atoms with van der Waals surface area (Å²) in [6.45, 7) is 6.22. The number of hydrogen-bond acceptors (Lipinski definition) is 5. The number of ether oxygens (including phenoxy) is 1. The lowest BCUT2D eigenvalue weighted by Gasteiger charge is -2.06. The number of hydrazone groups is 1. The molecule has 0 fully saturated rings. The van der Waals surface area contributed by atoms with Gasteiger partial charge in [0.2, 0.25) is 5.13 Å². The second-order valence-electron chi connectivity index (χ2n) is 4.31. The molecule has 0 saturated carbocycles. The molecule has 6 heteroatoms. The minimum Gasteiger partial charge on any atom is -0.373 e. The van der Waals surface area contributed by atoms with E-state index in [0.717, 1.165) is 22.0 Å². The van der Waals surface area contributed by atoms with Crippen LogP contribution in [0.1, 0.15) is 16.8 Å². The number of nitrogens with zero attached hydrogens (tertiary/aromatic N) is 2. The molecule has 1 aromatic heterocycles. The standard InChI is InChI=1S/C15H16FN3OS/c1-3-6-20-9-13-7-14(16)5-4-12(13)8-17-19-15-18-11(2)10-21-15/h3-5,7-8,10H,1,6,9H2,2H3,(H,18,19). The topological polar surface area (TPSA) is 46.5 Å². The van der Waals surface area contributed by atoms with Crippen LogP contribution in [-0.2, 0) is 11.3 Å². The van der Waals surface area contributed by atoms with E-state index < -0.39 is 0 Å². The number of benzene rings is 1. The van der Waals surface area contributed by atoms with Gasteiger partial charge < -0.3 is 4.74 Å². The molecular weight excluding hydrogens is 289 g/mol. The molecule has 2 aromatic rings. The zero-order valence-electron chi connectivity index (χ0n) is 11.7. The van der Waals surface area contributed by atoms with E-state index in [4.69, 9.17) is 4.74 Å². The number of thiazole rings is 1. The average Bonchev–Trinajstić information content (AvgIpc) is 2.87. The van der Waals surface area contributed by atoms with Crippen molar-refractivity contribution >= 4 is 22.7 Å². The Hall–Kier alpha value is -2.05. The quantitative estimate of drug-likeness (QED) is 0.367. The number of hydrogen-bond donors (Lipinski definition) is 1. The molecule has 0 radical (unpaired) electrons. The van der Waals surface area contributed by atoms with E-state index in [9.17, 15) is 4.39 Å². The van der Waals surface area contributed by atoms with E-state index in [1.807, 2.05) is 12.3 Å². The van der Waals surface area contributed by atoms with Crippen LogP contribution in [0.2, 0.25) is 0 Å². The molecule has 0 atom stereocenters. The Balaban J connectivity index is 2.05. The summed E-state index contributed by atoms with van der Waals surface area (Å²) in [5, 5.41) is 6.77. The molecule has 1 heterocycles. The third-order valence-electron chi connectivity index (χ3n) is 2.58. The minimum atomic E-state index is -0.298. The molecule has 0 aliphatic heterocycles. The molecule has 0 aliphatic rings. The van der Waals surface area contributed by atoms with Crippen molar-refractivity contribution in [2.24, 2.45) is 5.10 Å². The van der Waals surface area contributed by atoms with Gasteiger partial charge in [0.25, 0.3) is 0 Å². The fraction of sp³-hybridized carbons (Fsp3) is 0.200. The van der Waals surface area contributed by atoms with Crippen molar-refractivity contribution in [1.29, 1.82) is 0 Å². The van der Waals surface area contributed by atoms with Crippen LogP contribution in [0.15, 0.2) is 41.3 Å². The summed E-state index contributed by atoms with van der Waals surface area (Å²) in [4.78, 5) is 4.24. The molecule has 0 amide bonds. The van der Waals surface area contributed by atoms with E-state index in [-0.39, 0.29) is 5.82 Å². The van der Waals surface area contributed by atoms with E-state index in [1.165, 1.54) is 23.5 Å². The third-order valence-corrected chi connectivity index (χ3v) is 3.45. The van der Waals surface area contributed by atoms with Crippen LogP contribution < -0.4 is 5.43 Å². The van der Waals surface area contributed by atoms with Gasteiger partial charge in [-0.25, -0.2) is 9.37 Å². The highest BCUT2D eigenvalue weighted by Gasteiger charge is 2.03. The molecule has 2 rings (SSSR count). The first-order valence-electron chi connectivity index (χ1n) is 6.37. The van der Waals surface area contributed by atoms with Crippen molar-refractivity contribution in [1.82, 2.24) is 4.98 Å². The molecule has 0 unspecified atom stereocenters. The SMILES string of the molecule is C=CCOCc1cc(F)ccc1C=NNc1nc(C)cs1. The summed E-state index contributed by atoms with van der Waals surface area (Å²) in [5.41, 5.74) is 5.32. The lowest BCUT2D eigenvalue weighted by atomic mass is 10.1. The zero-order chi connectivity index (χ0) is 15.1. The third kappa shape index (κ3) is 4.77. The van der Waals surface area contributed by atoms with Crippen LogP contribution in [0.3, 0.4) is 0 Å². The molecule has 1 N–H and O–H groups in total. The molecule has 1 aromatic carbocycles. The molecule has 4 nitrogen and oxygen atoms in total. The van der Waals surface area contributed by atoms with Crippen LogP contribution in [0.4, 0.5) is 9.52 Å². The van der Waals surface area contributed by atoms with Crippen molar-refractivity contribution < 1.29 is 9.13 Å². The Morgan fingerprint density at radius 1 is 1.52 bits per heavy atom. The normalized spacial score (nSPS) is 11.0. The highest BCUT2D eigenvalue weighted by molar-refractivity contribution is 7.13. The van der Waals surface area contributed by atoms with E-state index in [2.05, 4.69) is 22.1 Å². The maximum absolute atomic E-state index is 13.3. The van der Waals surface area contributed by atoms with Gasteiger partial charge in [-0.05, 0) is 24.6 Å². The number of nitrogens with one attached hydrogen (secondary N) is 1. The average molecular weight is 305 g/mol. The summed E-state index contributed by atoms with van der Waals surface area (Å²) in [6, 6.07) is 4.50. The van der Waals surface area contributed by atoms with E-state index in [1.54, 1.807) is 18.4 Å². The predicted molar refractivity (Wildman–Crippen MR) is 84.3 cm³/mol. The van der Waals surface area contributed by atoms with Crippen LogP contribution in [0.5, 0.6) is 0 Å². The van der Waals surface area contributed by atoms with Crippen LogP contribution in [-0.4, -0.2) is 17.8 Å². The van der Waals surface area contributed by atoms with Crippen LogP contribution in [0, 0.1) is 12.7 Å². The monoisotopic (exact) mass is 305 g/mol. The fourth-order valence-corrected chi connectivity index (χ4v) is 2.28. The Morgan fingerprint density at radius 2 is 2.38 bits per heavy atom. The Bertz CT molecular complexity index is 640. The predicted octanol–water partition coefficient (Wildman–Crippen LogP) is 3.74. The van der Waals surface area contributed by atoms with Gasteiger partial charge in [0.1, 0.15) is 5.82 Å². The second-order valence-corrected chi connectivity index (χ2v) is 5.17. The Morgan fingerprint density at radius 3 is 3.10 bits per heavy atom. The highest BCUT2D eigenvalue weighted by atomic mass is 32.1. The molecule has 0 aliphatic carbocycles. The smallest absolute Gasteiger partial charge is 0.203 e. The maximum Gasteiger partial charge on any atom is 0.203 e. The molecular formula is C15H16FN3OS. The molecule has 21 heavy (non-hydrogen) atoms. The lowest BCUT2D eigenvalue weighted by Crippen LogP contribution is -2.00. The Labute approximate surface area is 127 Å². The first kappa shape index (κ1) is 15.3. The van der Waals surface area contributed by atoms with Gasteiger partial charge in [0.05, 0.1) is 25.1 Å². The van der Waals surface area contributed by atoms with Crippen molar-refractivity contribution in [3.63, 3.8) is 0 Å². The van der Waals surface area contributed by atoms with Gasteiger partial charge >= 0.3 is 0 Å². The Kier molecular flexibility index (Phi) is 5.59. The number of aromatic nitrogens is 1. The van der Waals surface area contributed by atoms with Gasteiger partial charge in [-0.2, -0.15) is 5.10 Å². The first-order valence-corrected chi connectivity index (χ1v) is 7.25. The summed E-state index contributed by atoms with van der Waals surface area (Å²) < 4.78 is 18.7. The minimum absolute atomic E-state index is 0.298. The van der Waals surface area contributed by atoms with Crippen LogP contribution >= 0.6 is 11.3 Å². The maximum atomic E-state index is 13.3. The number of halogens is 1. The largest absolute Gasteiger partial charge is 0.373 e. The van der Waals surface area contributed by atoms with Crippen molar-refractivity contribution in [2.45, 2.75) is 13.5 Å². The molecule has 0 bridgehead atoms. The summed E-state index contributed by atoms with van der Waals surface area (Å²) in [5.74, 6) is -0.298. The number of anilines is 1. The number of aryl methyl sites for hydroxylation is 1. The van der Waals surface area contributed by atoms with Crippen molar-refractivity contribution in [3.05, 3.63) is 58.9 Å².